The van der Waals surface area contributed by atoms with Crippen LogP contribution in [0.4, 0.5) is 4.39 Å². The highest BCUT2D eigenvalue weighted by atomic mass is 19.1. The molecule has 0 spiro atoms. The highest BCUT2D eigenvalue weighted by Crippen LogP contribution is 2.09. The molecule has 0 bridgehead atoms. The minimum absolute atomic E-state index is 0.150. The number of nitrogens with one attached hydrogen (secondary N) is 1. The minimum Gasteiger partial charge on any atom is -0.352 e. The van der Waals surface area contributed by atoms with E-state index in [4.69, 9.17) is 5.73 Å². The lowest BCUT2D eigenvalue weighted by molar-refractivity contribution is -0.121. The monoisotopic (exact) mass is 287 g/mol. The Bertz CT molecular complexity index is 589. The summed E-state index contributed by atoms with van der Waals surface area (Å²) in [4.78, 5) is 15.8. The van der Waals surface area contributed by atoms with Gasteiger partial charge >= 0.3 is 0 Å². The van der Waals surface area contributed by atoms with Crippen molar-refractivity contribution >= 4 is 5.91 Å². The maximum absolute atomic E-state index is 13.5. The third-order valence-electron chi connectivity index (χ3n) is 3.10. The van der Waals surface area contributed by atoms with E-state index in [0.717, 1.165) is 5.56 Å². The van der Waals surface area contributed by atoms with Crippen molar-refractivity contribution < 1.29 is 9.18 Å². The summed E-state index contributed by atoms with van der Waals surface area (Å²) in [7, 11) is 0. The molecule has 0 radical (unpaired) electrons. The van der Waals surface area contributed by atoms with E-state index in [1.54, 1.807) is 30.6 Å². The van der Waals surface area contributed by atoms with Crippen LogP contribution in [0.1, 0.15) is 17.5 Å². The largest absolute Gasteiger partial charge is 0.352 e. The summed E-state index contributed by atoms with van der Waals surface area (Å²) in [5, 5.41) is 2.78. The lowest BCUT2D eigenvalue weighted by Gasteiger charge is -2.12. The first-order valence-corrected chi connectivity index (χ1v) is 6.79. The zero-order valence-corrected chi connectivity index (χ0v) is 11.6. The quantitative estimate of drug-likeness (QED) is 0.851. The van der Waals surface area contributed by atoms with Gasteiger partial charge in [0.25, 0.3) is 0 Å². The fourth-order valence-electron chi connectivity index (χ4n) is 2.03. The van der Waals surface area contributed by atoms with Crippen molar-refractivity contribution in [2.24, 2.45) is 5.73 Å². The number of nitrogens with zero attached hydrogens (tertiary/aromatic N) is 1. The summed E-state index contributed by atoms with van der Waals surface area (Å²) in [6, 6.07) is 9.75. The Morgan fingerprint density at radius 1 is 1.29 bits per heavy atom. The van der Waals surface area contributed by atoms with Crippen LogP contribution in [0.5, 0.6) is 0 Å². The number of nitrogens with two attached hydrogens (primary N) is 1. The molecule has 3 N–H and O–H groups in total. The predicted octanol–water partition coefficient (Wildman–Crippen LogP) is 1.80. The van der Waals surface area contributed by atoms with Crippen molar-refractivity contribution in [1.29, 1.82) is 0 Å². The number of hydrogen-bond donors (Lipinski definition) is 2. The zero-order chi connectivity index (χ0) is 15.1. The molecule has 0 aliphatic carbocycles. The van der Waals surface area contributed by atoms with Crippen molar-refractivity contribution in [1.82, 2.24) is 10.3 Å². The average Bonchev–Trinajstić information content (AvgIpc) is 2.48. The fraction of sp³-hybridized carbons (Fsp3) is 0.250. The molecule has 2 aromatic rings. The lowest BCUT2D eigenvalue weighted by Crippen LogP contribution is -2.33. The van der Waals surface area contributed by atoms with Gasteiger partial charge in [0.05, 0.1) is 0 Å². The van der Waals surface area contributed by atoms with Gasteiger partial charge in [-0.25, -0.2) is 4.39 Å². The third-order valence-corrected chi connectivity index (χ3v) is 3.10. The molecule has 1 aromatic heterocycles. The second-order valence-electron chi connectivity index (χ2n) is 4.90. The van der Waals surface area contributed by atoms with Crippen LogP contribution in [0.2, 0.25) is 0 Å². The number of rotatable bonds is 6. The first kappa shape index (κ1) is 15.1. The van der Waals surface area contributed by atoms with Gasteiger partial charge in [0.15, 0.2) is 0 Å². The van der Waals surface area contributed by atoms with Gasteiger partial charge in [0, 0.05) is 31.4 Å². The molecule has 1 atom stereocenters. The van der Waals surface area contributed by atoms with Crippen molar-refractivity contribution in [3.8, 4) is 0 Å². The number of benzene rings is 1. The van der Waals surface area contributed by atoms with Gasteiger partial charge in [-0.1, -0.05) is 24.3 Å². The van der Waals surface area contributed by atoms with E-state index < -0.39 is 6.04 Å². The predicted molar refractivity (Wildman–Crippen MR) is 78.8 cm³/mol. The Labute approximate surface area is 123 Å². The second-order valence-corrected chi connectivity index (χ2v) is 4.90. The van der Waals surface area contributed by atoms with Crippen molar-refractivity contribution in [3.05, 3.63) is 65.7 Å². The summed E-state index contributed by atoms with van der Waals surface area (Å²) in [6.07, 6.45) is 3.87. The van der Waals surface area contributed by atoms with Crippen molar-refractivity contribution in [2.75, 3.05) is 0 Å². The van der Waals surface area contributed by atoms with Gasteiger partial charge in [-0.3, -0.25) is 9.78 Å². The summed E-state index contributed by atoms with van der Waals surface area (Å²) in [5.74, 6) is -0.439. The topological polar surface area (TPSA) is 68.0 Å². The summed E-state index contributed by atoms with van der Waals surface area (Å²) in [5.41, 5.74) is 7.36. The van der Waals surface area contributed by atoms with E-state index in [1.165, 1.54) is 6.07 Å². The van der Waals surface area contributed by atoms with E-state index in [9.17, 15) is 9.18 Å². The molecule has 2 rings (SSSR count). The third kappa shape index (κ3) is 4.96. The Morgan fingerprint density at radius 2 is 2.10 bits per heavy atom. The van der Waals surface area contributed by atoms with Gasteiger partial charge in [0.2, 0.25) is 5.91 Å². The Hall–Kier alpha value is -2.27. The highest BCUT2D eigenvalue weighted by Gasteiger charge is 2.12. The number of aromatic nitrogens is 1. The number of carbonyl (C=O) groups is 1. The van der Waals surface area contributed by atoms with Gasteiger partial charge in [-0.05, 0) is 29.7 Å². The molecular weight excluding hydrogens is 269 g/mol. The molecule has 110 valence electrons. The molecule has 0 aliphatic heterocycles. The van der Waals surface area contributed by atoms with Crippen LogP contribution in [0, 0.1) is 5.82 Å². The van der Waals surface area contributed by atoms with E-state index in [2.05, 4.69) is 10.3 Å². The van der Waals surface area contributed by atoms with Crippen molar-refractivity contribution in [3.63, 3.8) is 0 Å². The van der Waals surface area contributed by atoms with Crippen LogP contribution in [-0.2, 0) is 17.8 Å². The van der Waals surface area contributed by atoms with Crippen LogP contribution >= 0.6 is 0 Å². The molecule has 0 saturated heterocycles. The second kappa shape index (κ2) is 7.50. The highest BCUT2D eigenvalue weighted by molar-refractivity contribution is 5.76. The average molecular weight is 287 g/mol. The Kier molecular flexibility index (Phi) is 5.40. The molecule has 5 heteroatoms. The number of pyridine rings is 1. The van der Waals surface area contributed by atoms with E-state index >= 15 is 0 Å². The van der Waals surface area contributed by atoms with E-state index in [1.807, 2.05) is 12.1 Å². The first-order valence-electron chi connectivity index (χ1n) is 6.79. The van der Waals surface area contributed by atoms with Gasteiger partial charge in [-0.15, -0.1) is 0 Å². The normalized spacial score (nSPS) is 11.9. The van der Waals surface area contributed by atoms with Crippen LogP contribution in [-0.4, -0.2) is 16.9 Å². The van der Waals surface area contributed by atoms with Gasteiger partial charge < -0.3 is 11.1 Å². The molecule has 21 heavy (non-hydrogen) atoms. The van der Waals surface area contributed by atoms with Crippen LogP contribution < -0.4 is 11.1 Å². The first-order chi connectivity index (χ1) is 10.1. The molecule has 1 amide bonds. The van der Waals surface area contributed by atoms with E-state index in [0.29, 0.717) is 18.5 Å². The smallest absolute Gasteiger partial charge is 0.221 e. The molecule has 1 aromatic carbocycles. The molecule has 0 fully saturated rings. The molecule has 1 heterocycles. The number of hydrogen-bond acceptors (Lipinski definition) is 3. The SMILES string of the molecule is N[C@@H](CC(=O)NCc1cccnc1)Cc1ccccc1F. The van der Waals surface area contributed by atoms with Crippen molar-refractivity contribution in [2.45, 2.75) is 25.4 Å². The summed E-state index contributed by atoms with van der Waals surface area (Å²) < 4.78 is 13.5. The fourth-order valence-corrected chi connectivity index (χ4v) is 2.03. The Morgan fingerprint density at radius 3 is 2.81 bits per heavy atom. The maximum Gasteiger partial charge on any atom is 0.221 e. The van der Waals surface area contributed by atoms with Crippen LogP contribution in [0.3, 0.4) is 0 Å². The van der Waals surface area contributed by atoms with Crippen LogP contribution in [0.15, 0.2) is 48.8 Å². The Balaban J connectivity index is 1.78. The minimum atomic E-state index is -0.407. The zero-order valence-electron chi connectivity index (χ0n) is 11.6. The summed E-state index contributed by atoms with van der Waals surface area (Å²) in [6.45, 7) is 0.416. The van der Waals surface area contributed by atoms with Gasteiger partial charge in [0.1, 0.15) is 5.82 Å². The van der Waals surface area contributed by atoms with Crippen LogP contribution in [0.25, 0.3) is 0 Å². The maximum atomic E-state index is 13.5. The standard InChI is InChI=1S/C16H18FN3O/c17-15-6-2-1-5-13(15)8-14(18)9-16(21)20-11-12-4-3-7-19-10-12/h1-7,10,14H,8-9,11,18H2,(H,20,21)/t14-/m1/s1. The van der Waals surface area contributed by atoms with E-state index in [-0.39, 0.29) is 18.1 Å². The summed E-state index contributed by atoms with van der Waals surface area (Å²) >= 11 is 0. The molecule has 4 nitrogen and oxygen atoms in total. The lowest BCUT2D eigenvalue weighted by atomic mass is 10.0. The molecule has 0 aliphatic rings. The molecular formula is C16H18FN3O. The number of halogens is 1. The number of carbonyl (C=O) groups excluding carboxylic acids is 1. The number of amides is 1. The molecule has 0 unspecified atom stereocenters. The molecule has 0 saturated carbocycles. The van der Waals surface area contributed by atoms with Gasteiger partial charge in [-0.2, -0.15) is 0 Å².